The van der Waals surface area contributed by atoms with Gasteiger partial charge in [-0.1, -0.05) is 0 Å². The Hall–Kier alpha value is -1.95. The highest BCUT2D eigenvalue weighted by atomic mass is 16.5. The van der Waals surface area contributed by atoms with E-state index in [1.54, 1.807) is 6.07 Å². The molecule has 2 aromatic rings. The average molecular weight is 263 g/mol. The van der Waals surface area contributed by atoms with Crippen molar-refractivity contribution in [2.24, 2.45) is 0 Å². The van der Waals surface area contributed by atoms with Crippen LogP contribution in [0.15, 0.2) is 21.3 Å². The Balaban J connectivity index is 2.03. The molecular weight excluding hydrogens is 246 g/mol. The minimum atomic E-state index is -0.466. The number of nitrogens with two attached hydrogens (primary N) is 1. The Morgan fingerprint density at radius 3 is 2.95 bits per heavy atom. The molecule has 6 heteroatoms. The summed E-state index contributed by atoms with van der Waals surface area (Å²) in [6, 6.07) is 3.82. The third kappa shape index (κ3) is 1.98. The van der Waals surface area contributed by atoms with Gasteiger partial charge in [0.15, 0.2) is 5.58 Å². The van der Waals surface area contributed by atoms with Crippen molar-refractivity contribution in [2.45, 2.75) is 25.5 Å². The zero-order valence-electron chi connectivity index (χ0n) is 11.0. The van der Waals surface area contributed by atoms with Crippen LogP contribution in [0.5, 0.6) is 0 Å². The third-order valence-corrected chi connectivity index (χ3v) is 3.78. The van der Waals surface area contributed by atoms with Crippen molar-refractivity contribution in [2.75, 3.05) is 24.3 Å². The van der Waals surface area contributed by atoms with Crippen LogP contribution in [-0.2, 0) is 4.74 Å². The standard InChI is InChI=1S/C13H17N3O3/c1-7-10(3-4-18-7)16(2)11-6-9-12(5-8(11)14)19-13(17)15-9/h5-7,10H,3-4,14H2,1-2H3,(H,15,17). The normalized spacial score (nSPS) is 23.1. The van der Waals surface area contributed by atoms with E-state index in [2.05, 4.69) is 16.8 Å². The van der Waals surface area contributed by atoms with Gasteiger partial charge in [-0.3, -0.25) is 4.98 Å². The number of hydrogen-bond donors (Lipinski definition) is 2. The second-order valence-corrected chi connectivity index (χ2v) is 4.96. The predicted octanol–water partition coefficient (Wildman–Crippen LogP) is 1.32. The van der Waals surface area contributed by atoms with Gasteiger partial charge in [0, 0.05) is 19.7 Å². The monoisotopic (exact) mass is 263 g/mol. The summed E-state index contributed by atoms with van der Waals surface area (Å²) in [5.74, 6) is -0.466. The maximum absolute atomic E-state index is 11.2. The van der Waals surface area contributed by atoms with Gasteiger partial charge < -0.3 is 19.8 Å². The first-order valence-electron chi connectivity index (χ1n) is 6.33. The number of aromatic nitrogens is 1. The lowest BCUT2D eigenvalue weighted by molar-refractivity contribution is 0.118. The number of hydrogen-bond acceptors (Lipinski definition) is 5. The lowest BCUT2D eigenvalue weighted by Gasteiger charge is -2.29. The number of H-pyrrole nitrogens is 1. The summed E-state index contributed by atoms with van der Waals surface area (Å²) >= 11 is 0. The van der Waals surface area contributed by atoms with Crippen LogP contribution >= 0.6 is 0 Å². The van der Waals surface area contributed by atoms with Gasteiger partial charge in [-0.2, -0.15) is 0 Å². The Labute approximate surface area is 110 Å². The summed E-state index contributed by atoms with van der Waals surface area (Å²) in [4.78, 5) is 15.9. The van der Waals surface area contributed by atoms with E-state index in [1.807, 2.05) is 13.1 Å². The number of likely N-dealkylation sites (N-methyl/N-ethyl adjacent to an activating group) is 1. The molecule has 0 bridgehead atoms. The van der Waals surface area contributed by atoms with Crippen molar-refractivity contribution in [3.05, 3.63) is 22.7 Å². The predicted molar refractivity (Wildman–Crippen MR) is 73.5 cm³/mol. The molecule has 0 spiro atoms. The smallest absolute Gasteiger partial charge is 0.408 e. The topological polar surface area (TPSA) is 84.5 Å². The van der Waals surface area contributed by atoms with Crippen LogP contribution < -0.4 is 16.4 Å². The fourth-order valence-corrected chi connectivity index (χ4v) is 2.71. The molecular formula is C13H17N3O3. The fraction of sp³-hybridized carbons (Fsp3) is 0.462. The van der Waals surface area contributed by atoms with E-state index >= 15 is 0 Å². The lowest BCUT2D eigenvalue weighted by atomic mass is 10.1. The van der Waals surface area contributed by atoms with Gasteiger partial charge in [-0.15, -0.1) is 0 Å². The molecule has 3 rings (SSSR count). The number of oxazole rings is 1. The molecule has 1 saturated heterocycles. The molecule has 3 N–H and O–H groups in total. The number of fused-ring (bicyclic) bond motifs is 1. The Morgan fingerprint density at radius 1 is 1.47 bits per heavy atom. The summed E-state index contributed by atoms with van der Waals surface area (Å²) in [5, 5.41) is 0. The van der Waals surface area contributed by atoms with Crippen LogP contribution in [0.1, 0.15) is 13.3 Å². The molecule has 1 fully saturated rings. The SMILES string of the molecule is CC1OCCC1N(C)c1cc2[nH]c(=O)oc2cc1N. The Morgan fingerprint density at radius 2 is 2.26 bits per heavy atom. The molecule has 6 nitrogen and oxygen atoms in total. The highest BCUT2D eigenvalue weighted by molar-refractivity contribution is 5.85. The number of nitrogens with zero attached hydrogens (tertiary/aromatic N) is 1. The van der Waals surface area contributed by atoms with Crippen molar-refractivity contribution in [3.8, 4) is 0 Å². The van der Waals surface area contributed by atoms with E-state index in [4.69, 9.17) is 14.9 Å². The van der Waals surface area contributed by atoms with E-state index in [0.717, 1.165) is 18.7 Å². The largest absolute Gasteiger partial charge is 0.417 e. The Kier molecular flexibility index (Phi) is 2.74. The van der Waals surface area contributed by atoms with Gasteiger partial charge in [-0.25, -0.2) is 4.79 Å². The number of ether oxygens (including phenoxy) is 1. The van der Waals surface area contributed by atoms with Gasteiger partial charge in [0.25, 0.3) is 0 Å². The van der Waals surface area contributed by atoms with E-state index in [9.17, 15) is 4.79 Å². The number of benzene rings is 1. The summed E-state index contributed by atoms with van der Waals surface area (Å²) < 4.78 is 10.6. The molecule has 102 valence electrons. The maximum atomic E-state index is 11.2. The molecule has 1 aliphatic heterocycles. The van der Waals surface area contributed by atoms with Crippen molar-refractivity contribution < 1.29 is 9.15 Å². The van der Waals surface area contributed by atoms with Gasteiger partial charge in [0.05, 0.1) is 29.0 Å². The van der Waals surface area contributed by atoms with Crippen molar-refractivity contribution in [1.82, 2.24) is 4.98 Å². The molecule has 2 atom stereocenters. The zero-order chi connectivity index (χ0) is 13.6. The fourth-order valence-electron chi connectivity index (χ4n) is 2.71. The van der Waals surface area contributed by atoms with Crippen molar-refractivity contribution in [3.63, 3.8) is 0 Å². The molecule has 0 aliphatic carbocycles. The summed E-state index contributed by atoms with van der Waals surface area (Å²) in [7, 11) is 1.99. The molecule has 1 aliphatic rings. The first-order valence-corrected chi connectivity index (χ1v) is 6.33. The van der Waals surface area contributed by atoms with E-state index in [0.29, 0.717) is 22.8 Å². The van der Waals surface area contributed by atoms with E-state index < -0.39 is 5.76 Å². The van der Waals surface area contributed by atoms with E-state index in [1.165, 1.54) is 0 Å². The first kappa shape index (κ1) is 12.1. The van der Waals surface area contributed by atoms with Gasteiger partial charge >= 0.3 is 5.76 Å². The van der Waals surface area contributed by atoms with E-state index in [-0.39, 0.29) is 6.10 Å². The van der Waals surface area contributed by atoms with Crippen LogP contribution in [0, 0.1) is 0 Å². The second kappa shape index (κ2) is 4.31. The summed E-state index contributed by atoms with van der Waals surface area (Å²) in [6.45, 7) is 2.82. The van der Waals surface area contributed by atoms with Crippen LogP contribution in [0.4, 0.5) is 11.4 Å². The Bertz CT molecular complexity index is 661. The van der Waals surface area contributed by atoms with Crippen LogP contribution in [-0.4, -0.2) is 30.8 Å². The molecule has 2 heterocycles. The number of rotatable bonds is 2. The molecule has 1 aromatic heterocycles. The minimum Gasteiger partial charge on any atom is -0.408 e. The minimum absolute atomic E-state index is 0.170. The van der Waals surface area contributed by atoms with Gasteiger partial charge in [0.2, 0.25) is 0 Å². The quantitative estimate of drug-likeness (QED) is 0.798. The maximum Gasteiger partial charge on any atom is 0.417 e. The van der Waals surface area contributed by atoms with Gasteiger partial charge in [0.1, 0.15) is 0 Å². The number of anilines is 2. The molecule has 1 aromatic carbocycles. The molecule has 2 unspecified atom stereocenters. The molecule has 0 radical (unpaired) electrons. The van der Waals surface area contributed by atoms with Gasteiger partial charge in [-0.05, 0) is 19.4 Å². The van der Waals surface area contributed by atoms with Crippen LogP contribution in [0.2, 0.25) is 0 Å². The second-order valence-electron chi connectivity index (χ2n) is 4.96. The molecule has 0 amide bonds. The number of nitrogen functional groups attached to an aromatic ring is 1. The number of aromatic amines is 1. The third-order valence-electron chi connectivity index (χ3n) is 3.78. The molecule has 0 saturated carbocycles. The van der Waals surface area contributed by atoms with Crippen LogP contribution in [0.25, 0.3) is 11.1 Å². The highest BCUT2D eigenvalue weighted by Gasteiger charge is 2.29. The van der Waals surface area contributed by atoms with Crippen molar-refractivity contribution >= 4 is 22.5 Å². The number of nitrogens with one attached hydrogen (secondary N) is 1. The summed E-state index contributed by atoms with van der Waals surface area (Å²) in [5.41, 5.74) is 8.67. The molecule has 19 heavy (non-hydrogen) atoms. The van der Waals surface area contributed by atoms with Crippen molar-refractivity contribution in [1.29, 1.82) is 0 Å². The zero-order valence-corrected chi connectivity index (χ0v) is 11.0. The average Bonchev–Trinajstić information content (AvgIpc) is 2.92. The highest BCUT2D eigenvalue weighted by Crippen LogP contribution is 2.31. The first-order chi connectivity index (χ1) is 9.06. The summed E-state index contributed by atoms with van der Waals surface area (Å²) in [6.07, 6.45) is 1.14. The van der Waals surface area contributed by atoms with Crippen LogP contribution in [0.3, 0.4) is 0 Å². The lowest BCUT2D eigenvalue weighted by Crippen LogP contribution is -2.37.